The highest BCUT2D eigenvalue weighted by Crippen LogP contribution is 2.25. The Balaban J connectivity index is 2.05. The minimum atomic E-state index is 0.268. The van der Waals surface area contributed by atoms with Crippen molar-refractivity contribution in [2.75, 3.05) is 11.1 Å². The Morgan fingerprint density at radius 1 is 1.16 bits per heavy atom. The maximum atomic E-state index is 5.65. The largest absolute Gasteiger partial charge is 0.368 e. The van der Waals surface area contributed by atoms with E-state index in [1.165, 1.54) is 0 Å². The van der Waals surface area contributed by atoms with E-state index in [2.05, 4.69) is 20.3 Å². The van der Waals surface area contributed by atoms with Crippen LogP contribution in [0.3, 0.4) is 0 Å². The summed E-state index contributed by atoms with van der Waals surface area (Å²) < 4.78 is 0. The van der Waals surface area contributed by atoms with E-state index < -0.39 is 0 Å². The molecule has 0 bridgehead atoms. The predicted molar refractivity (Wildman–Crippen MR) is 76.2 cm³/mol. The van der Waals surface area contributed by atoms with Gasteiger partial charge in [-0.15, -0.1) is 0 Å². The highest BCUT2D eigenvalue weighted by molar-refractivity contribution is 5.94. The number of aromatic nitrogens is 3. The molecule has 5 nitrogen and oxygen atoms in total. The van der Waals surface area contributed by atoms with Crippen molar-refractivity contribution in [1.82, 2.24) is 15.0 Å². The summed E-state index contributed by atoms with van der Waals surface area (Å²) in [5.41, 5.74) is 7.45. The van der Waals surface area contributed by atoms with Crippen molar-refractivity contribution < 1.29 is 0 Å². The van der Waals surface area contributed by atoms with Gasteiger partial charge in [0.2, 0.25) is 5.95 Å². The van der Waals surface area contributed by atoms with E-state index in [1.54, 1.807) is 6.20 Å². The van der Waals surface area contributed by atoms with Gasteiger partial charge in [0, 0.05) is 40.6 Å². The van der Waals surface area contributed by atoms with Crippen LogP contribution in [0.15, 0.2) is 42.7 Å². The molecule has 1 aromatic carbocycles. The zero-order valence-electron chi connectivity index (χ0n) is 10.5. The monoisotopic (exact) mass is 251 g/mol. The number of nitrogen functional groups attached to an aromatic ring is 1. The number of fused-ring (bicyclic) bond motifs is 1. The Kier molecular flexibility index (Phi) is 2.72. The van der Waals surface area contributed by atoms with Crippen LogP contribution in [0.1, 0.15) is 5.69 Å². The fourth-order valence-electron chi connectivity index (χ4n) is 2.03. The quantitative estimate of drug-likeness (QED) is 0.732. The number of hydrogen-bond donors (Lipinski definition) is 2. The number of nitrogens with two attached hydrogens (primary N) is 1. The number of nitrogens with one attached hydrogen (secondary N) is 1. The summed E-state index contributed by atoms with van der Waals surface area (Å²) >= 11 is 0. The Hall–Kier alpha value is -2.69. The van der Waals surface area contributed by atoms with Gasteiger partial charge in [-0.25, -0.2) is 4.98 Å². The topological polar surface area (TPSA) is 76.7 Å². The molecule has 0 aliphatic carbocycles. The molecule has 0 aliphatic heterocycles. The molecule has 2 heterocycles. The molecule has 5 heteroatoms. The first-order chi connectivity index (χ1) is 9.22. The molecular weight excluding hydrogens is 238 g/mol. The van der Waals surface area contributed by atoms with Gasteiger partial charge in [0.15, 0.2) is 0 Å². The Morgan fingerprint density at radius 3 is 2.89 bits per heavy atom. The van der Waals surface area contributed by atoms with Gasteiger partial charge in [-0.1, -0.05) is 12.1 Å². The van der Waals surface area contributed by atoms with Crippen molar-refractivity contribution in [2.45, 2.75) is 6.92 Å². The van der Waals surface area contributed by atoms with Crippen molar-refractivity contribution in [3.63, 3.8) is 0 Å². The molecule has 0 aliphatic rings. The standard InChI is InChI=1S/C14H13N5/c1-9-7-13(19-14(15)17-9)18-12-4-2-3-10-8-16-6-5-11(10)12/h2-8H,1H3,(H3,15,17,18,19). The Labute approximate surface area is 110 Å². The maximum Gasteiger partial charge on any atom is 0.222 e. The third kappa shape index (κ3) is 2.30. The van der Waals surface area contributed by atoms with Gasteiger partial charge >= 0.3 is 0 Å². The lowest BCUT2D eigenvalue weighted by Crippen LogP contribution is -2.01. The SMILES string of the molecule is Cc1cc(Nc2cccc3cnccc23)nc(N)n1. The molecule has 3 N–H and O–H groups in total. The summed E-state index contributed by atoms with van der Waals surface area (Å²) in [6.07, 6.45) is 3.60. The lowest BCUT2D eigenvalue weighted by atomic mass is 10.1. The molecule has 3 aromatic rings. The van der Waals surface area contributed by atoms with Gasteiger partial charge in [-0.05, 0) is 19.1 Å². The van der Waals surface area contributed by atoms with Crippen molar-refractivity contribution in [3.05, 3.63) is 48.4 Å². The fraction of sp³-hybridized carbons (Fsp3) is 0.0714. The molecule has 94 valence electrons. The van der Waals surface area contributed by atoms with Crippen LogP contribution in [-0.4, -0.2) is 15.0 Å². The van der Waals surface area contributed by atoms with Crippen LogP contribution in [0.2, 0.25) is 0 Å². The number of aryl methyl sites for hydroxylation is 1. The third-order valence-electron chi connectivity index (χ3n) is 2.81. The van der Waals surface area contributed by atoms with Gasteiger partial charge in [0.05, 0.1) is 0 Å². The third-order valence-corrected chi connectivity index (χ3v) is 2.81. The first kappa shape index (κ1) is 11.4. The first-order valence-electron chi connectivity index (χ1n) is 5.93. The molecule has 0 spiro atoms. The molecule has 0 saturated heterocycles. The molecule has 0 amide bonds. The molecule has 0 unspecified atom stereocenters. The van der Waals surface area contributed by atoms with Crippen LogP contribution in [0.5, 0.6) is 0 Å². The normalized spacial score (nSPS) is 10.6. The van der Waals surface area contributed by atoms with Crippen LogP contribution >= 0.6 is 0 Å². The minimum absolute atomic E-state index is 0.268. The van der Waals surface area contributed by atoms with E-state index >= 15 is 0 Å². The number of hydrogen-bond acceptors (Lipinski definition) is 5. The highest BCUT2D eigenvalue weighted by atomic mass is 15.1. The summed E-state index contributed by atoms with van der Waals surface area (Å²) in [5, 5.41) is 5.44. The van der Waals surface area contributed by atoms with Crippen LogP contribution in [0.25, 0.3) is 10.8 Å². The number of anilines is 3. The number of nitrogens with zero attached hydrogens (tertiary/aromatic N) is 3. The van der Waals surface area contributed by atoms with Crippen LogP contribution in [0.4, 0.5) is 17.5 Å². The zero-order valence-corrected chi connectivity index (χ0v) is 10.5. The first-order valence-corrected chi connectivity index (χ1v) is 5.93. The fourth-order valence-corrected chi connectivity index (χ4v) is 2.03. The van der Waals surface area contributed by atoms with E-state index in [-0.39, 0.29) is 5.95 Å². The van der Waals surface area contributed by atoms with E-state index in [9.17, 15) is 0 Å². The van der Waals surface area contributed by atoms with Crippen LogP contribution in [0, 0.1) is 6.92 Å². The van der Waals surface area contributed by atoms with Crippen molar-refractivity contribution in [1.29, 1.82) is 0 Å². The molecule has 0 atom stereocenters. The average molecular weight is 251 g/mol. The van der Waals surface area contributed by atoms with Gasteiger partial charge in [-0.2, -0.15) is 4.98 Å². The average Bonchev–Trinajstić information content (AvgIpc) is 2.38. The summed E-state index contributed by atoms with van der Waals surface area (Å²) in [6.45, 7) is 1.89. The van der Waals surface area contributed by atoms with Crippen molar-refractivity contribution in [3.8, 4) is 0 Å². The minimum Gasteiger partial charge on any atom is -0.368 e. The molecule has 2 aromatic heterocycles. The second-order valence-corrected chi connectivity index (χ2v) is 4.28. The molecular formula is C14H13N5. The number of rotatable bonds is 2. The molecule has 3 rings (SSSR count). The number of benzene rings is 1. The molecule has 19 heavy (non-hydrogen) atoms. The smallest absolute Gasteiger partial charge is 0.222 e. The highest BCUT2D eigenvalue weighted by Gasteiger charge is 2.03. The van der Waals surface area contributed by atoms with Crippen molar-refractivity contribution in [2.24, 2.45) is 0 Å². The second-order valence-electron chi connectivity index (χ2n) is 4.28. The van der Waals surface area contributed by atoms with E-state index in [0.717, 1.165) is 22.2 Å². The van der Waals surface area contributed by atoms with E-state index in [4.69, 9.17) is 5.73 Å². The Morgan fingerprint density at radius 2 is 2.05 bits per heavy atom. The molecule has 0 fully saturated rings. The van der Waals surface area contributed by atoms with Gasteiger partial charge in [0.25, 0.3) is 0 Å². The van der Waals surface area contributed by atoms with E-state index in [1.807, 2.05) is 43.5 Å². The summed E-state index contributed by atoms with van der Waals surface area (Å²) in [6, 6.07) is 9.82. The van der Waals surface area contributed by atoms with Crippen molar-refractivity contribution >= 4 is 28.2 Å². The maximum absolute atomic E-state index is 5.65. The lowest BCUT2D eigenvalue weighted by molar-refractivity contribution is 1.12. The van der Waals surface area contributed by atoms with E-state index in [0.29, 0.717) is 5.82 Å². The number of pyridine rings is 1. The summed E-state index contributed by atoms with van der Waals surface area (Å²) in [7, 11) is 0. The molecule has 0 radical (unpaired) electrons. The Bertz CT molecular complexity index is 713. The van der Waals surface area contributed by atoms with Gasteiger partial charge in [0.1, 0.15) is 5.82 Å². The van der Waals surface area contributed by atoms with Crippen LogP contribution in [-0.2, 0) is 0 Å². The van der Waals surface area contributed by atoms with Gasteiger partial charge < -0.3 is 11.1 Å². The van der Waals surface area contributed by atoms with Gasteiger partial charge in [-0.3, -0.25) is 4.98 Å². The second kappa shape index (κ2) is 4.53. The summed E-state index contributed by atoms with van der Waals surface area (Å²) in [4.78, 5) is 12.3. The predicted octanol–water partition coefficient (Wildman–Crippen LogP) is 2.66. The lowest BCUT2D eigenvalue weighted by Gasteiger charge is -2.09. The van der Waals surface area contributed by atoms with Crippen LogP contribution < -0.4 is 11.1 Å². The summed E-state index contributed by atoms with van der Waals surface area (Å²) in [5.74, 6) is 0.957. The zero-order chi connectivity index (χ0) is 13.2. The molecule has 0 saturated carbocycles.